The molecule has 0 aliphatic carbocycles. The number of carbonyl (C=O) groups excluding carboxylic acids is 3. The van der Waals surface area contributed by atoms with Crippen molar-refractivity contribution in [2.75, 3.05) is 23.7 Å². The highest BCUT2D eigenvalue weighted by molar-refractivity contribution is 5.97. The number of alkyl halides is 3. The monoisotopic (exact) mass is 445 g/mol. The van der Waals surface area contributed by atoms with E-state index in [1.165, 1.54) is 12.1 Å². The van der Waals surface area contributed by atoms with Crippen LogP contribution in [0.2, 0.25) is 0 Å². The number of hydrogen-bond acceptors (Lipinski definition) is 3. The van der Waals surface area contributed by atoms with Crippen LogP contribution in [0.5, 0.6) is 0 Å². The molecule has 0 aromatic heterocycles. The zero-order valence-electron chi connectivity index (χ0n) is 17.2. The second-order valence-electron chi connectivity index (χ2n) is 8.05. The van der Waals surface area contributed by atoms with E-state index in [1.807, 2.05) is 6.07 Å². The van der Waals surface area contributed by atoms with Crippen molar-refractivity contribution < 1.29 is 27.6 Å². The largest absolute Gasteiger partial charge is 0.416 e. The van der Waals surface area contributed by atoms with Gasteiger partial charge in [0.15, 0.2) is 0 Å². The molecule has 1 saturated heterocycles. The third-order valence-corrected chi connectivity index (χ3v) is 5.88. The minimum atomic E-state index is -4.45. The van der Waals surface area contributed by atoms with Crippen LogP contribution >= 0.6 is 0 Å². The van der Waals surface area contributed by atoms with Crippen LogP contribution in [0.15, 0.2) is 42.5 Å². The Labute approximate surface area is 182 Å². The molecule has 6 nitrogen and oxygen atoms in total. The molecular formula is C23H22F3N3O3. The summed E-state index contributed by atoms with van der Waals surface area (Å²) in [5.41, 5.74) is 1.79. The zero-order chi connectivity index (χ0) is 22.9. The normalized spacial score (nSPS) is 16.8. The predicted octanol–water partition coefficient (Wildman–Crippen LogP) is 4.08. The number of nitrogens with zero attached hydrogens (tertiary/aromatic N) is 1. The molecule has 2 heterocycles. The summed E-state index contributed by atoms with van der Waals surface area (Å²) in [6, 6.07) is 9.54. The number of halogens is 3. The third kappa shape index (κ3) is 4.76. The van der Waals surface area contributed by atoms with Crippen molar-refractivity contribution in [1.29, 1.82) is 0 Å². The van der Waals surface area contributed by atoms with Crippen LogP contribution in [0.4, 0.5) is 24.5 Å². The molecule has 0 saturated carbocycles. The molecule has 0 bridgehead atoms. The quantitative estimate of drug-likeness (QED) is 0.747. The summed E-state index contributed by atoms with van der Waals surface area (Å²) in [6.07, 6.45) is -2.47. The first-order chi connectivity index (χ1) is 15.2. The van der Waals surface area contributed by atoms with Gasteiger partial charge in [-0.2, -0.15) is 13.2 Å². The first-order valence-corrected chi connectivity index (χ1v) is 10.4. The molecule has 2 aromatic rings. The van der Waals surface area contributed by atoms with Crippen LogP contribution in [0, 0.1) is 5.92 Å². The second-order valence-corrected chi connectivity index (χ2v) is 8.05. The molecule has 4 rings (SSSR count). The standard InChI is InChI=1S/C23H22F3N3O3/c24-23(25,26)17-4-1-15(2-5-17)22(32)29-11-9-14(10-12-29)21(31)27-18-6-7-19-16(13-18)3-8-20(30)28-19/h1-2,4-7,13-14H,3,8-12H2,(H,27,31)(H,28,30). The van der Waals surface area contributed by atoms with E-state index in [0.717, 1.165) is 23.4 Å². The molecule has 1 fully saturated rings. The number of benzene rings is 2. The molecule has 0 atom stereocenters. The van der Waals surface area contributed by atoms with E-state index < -0.39 is 11.7 Å². The highest BCUT2D eigenvalue weighted by Crippen LogP contribution is 2.30. The van der Waals surface area contributed by atoms with E-state index in [-0.39, 0.29) is 29.2 Å². The van der Waals surface area contributed by atoms with E-state index >= 15 is 0 Å². The second kappa shape index (κ2) is 8.64. The van der Waals surface area contributed by atoms with E-state index in [1.54, 1.807) is 17.0 Å². The fourth-order valence-electron chi connectivity index (χ4n) is 4.03. The molecule has 0 spiro atoms. The Morgan fingerprint density at radius 3 is 2.34 bits per heavy atom. The molecule has 0 unspecified atom stereocenters. The minimum absolute atomic E-state index is 0.0214. The van der Waals surface area contributed by atoms with Gasteiger partial charge in [0.1, 0.15) is 0 Å². The van der Waals surface area contributed by atoms with Crippen LogP contribution in [0.3, 0.4) is 0 Å². The van der Waals surface area contributed by atoms with Crippen LogP contribution < -0.4 is 10.6 Å². The molecule has 2 aliphatic rings. The summed E-state index contributed by atoms with van der Waals surface area (Å²) >= 11 is 0. The van der Waals surface area contributed by atoms with Gasteiger partial charge in [0.05, 0.1) is 5.56 Å². The number of rotatable bonds is 3. The Bertz CT molecular complexity index is 1040. The number of carbonyl (C=O) groups is 3. The van der Waals surface area contributed by atoms with Crippen molar-refractivity contribution in [3.8, 4) is 0 Å². The van der Waals surface area contributed by atoms with Crippen molar-refractivity contribution in [1.82, 2.24) is 4.90 Å². The SMILES string of the molecule is O=C1CCc2cc(NC(=O)C3CCN(C(=O)c4ccc(C(F)(F)F)cc4)CC3)ccc2N1. The van der Waals surface area contributed by atoms with Gasteiger partial charge in [0.25, 0.3) is 5.91 Å². The summed E-state index contributed by atoms with van der Waals surface area (Å²) in [7, 11) is 0. The predicted molar refractivity (Wildman–Crippen MR) is 112 cm³/mol. The molecular weight excluding hydrogens is 423 g/mol. The number of amides is 3. The van der Waals surface area contributed by atoms with Crippen LogP contribution in [0.25, 0.3) is 0 Å². The molecule has 0 radical (unpaired) electrons. The molecule has 3 amide bonds. The van der Waals surface area contributed by atoms with E-state index in [9.17, 15) is 27.6 Å². The van der Waals surface area contributed by atoms with Gasteiger partial charge < -0.3 is 15.5 Å². The first-order valence-electron chi connectivity index (χ1n) is 10.4. The summed E-state index contributed by atoms with van der Waals surface area (Å²) in [6.45, 7) is 0.711. The first kappa shape index (κ1) is 21.9. The fourth-order valence-corrected chi connectivity index (χ4v) is 4.03. The average Bonchev–Trinajstić information content (AvgIpc) is 2.78. The molecule has 32 heavy (non-hydrogen) atoms. The summed E-state index contributed by atoms with van der Waals surface area (Å²) < 4.78 is 38.1. The maximum absolute atomic E-state index is 12.7. The van der Waals surface area contributed by atoms with Crippen molar-refractivity contribution in [2.45, 2.75) is 31.9 Å². The van der Waals surface area contributed by atoms with E-state index in [4.69, 9.17) is 0 Å². The van der Waals surface area contributed by atoms with Gasteiger partial charge in [-0.1, -0.05) is 0 Å². The number of anilines is 2. The summed E-state index contributed by atoms with van der Waals surface area (Å²) in [4.78, 5) is 38.3. The van der Waals surface area contributed by atoms with Gasteiger partial charge in [-0.05, 0) is 67.3 Å². The highest BCUT2D eigenvalue weighted by atomic mass is 19.4. The molecule has 2 aliphatic heterocycles. The lowest BCUT2D eigenvalue weighted by atomic mass is 9.95. The van der Waals surface area contributed by atoms with Crippen LogP contribution in [0.1, 0.15) is 40.7 Å². The number of aryl methyl sites for hydroxylation is 1. The van der Waals surface area contributed by atoms with Crippen molar-refractivity contribution in [2.24, 2.45) is 5.92 Å². The topological polar surface area (TPSA) is 78.5 Å². The van der Waals surface area contributed by atoms with Gasteiger partial charge in [0.2, 0.25) is 11.8 Å². The molecule has 9 heteroatoms. The smallest absolute Gasteiger partial charge is 0.339 e. The number of likely N-dealkylation sites (tertiary alicyclic amines) is 1. The van der Waals surface area contributed by atoms with Gasteiger partial charge >= 0.3 is 6.18 Å². The minimum Gasteiger partial charge on any atom is -0.339 e. The Hall–Kier alpha value is -3.36. The highest BCUT2D eigenvalue weighted by Gasteiger charge is 2.31. The lowest BCUT2D eigenvalue weighted by Gasteiger charge is -2.31. The van der Waals surface area contributed by atoms with Crippen molar-refractivity contribution >= 4 is 29.1 Å². The molecule has 168 valence electrons. The lowest BCUT2D eigenvalue weighted by molar-refractivity contribution is -0.137. The lowest BCUT2D eigenvalue weighted by Crippen LogP contribution is -2.41. The van der Waals surface area contributed by atoms with Gasteiger partial charge in [-0.15, -0.1) is 0 Å². The van der Waals surface area contributed by atoms with E-state index in [2.05, 4.69) is 10.6 Å². The van der Waals surface area contributed by atoms with E-state index in [0.29, 0.717) is 44.5 Å². The number of hydrogen-bond donors (Lipinski definition) is 2. The van der Waals surface area contributed by atoms with Crippen LogP contribution in [-0.2, 0) is 22.2 Å². The maximum Gasteiger partial charge on any atom is 0.416 e. The number of piperidine rings is 1. The van der Waals surface area contributed by atoms with Crippen LogP contribution in [-0.4, -0.2) is 35.7 Å². The average molecular weight is 445 g/mol. The molecule has 2 aromatic carbocycles. The summed E-state index contributed by atoms with van der Waals surface area (Å²) in [5.74, 6) is -0.755. The van der Waals surface area contributed by atoms with Gasteiger partial charge in [0, 0.05) is 42.4 Å². The molecule has 2 N–H and O–H groups in total. The van der Waals surface area contributed by atoms with Crippen molar-refractivity contribution in [3.05, 3.63) is 59.2 Å². The Kier molecular flexibility index (Phi) is 5.90. The third-order valence-electron chi connectivity index (χ3n) is 5.88. The van der Waals surface area contributed by atoms with Gasteiger partial charge in [-0.3, -0.25) is 14.4 Å². The summed E-state index contributed by atoms with van der Waals surface area (Å²) in [5, 5.41) is 5.71. The number of fused-ring (bicyclic) bond motifs is 1. The Morgan fingerprint density at radius 2 is 1.69 bits per heavy atom. The zero-order valence-corrected chi connectivity index (χ0v) is 17.2. The number of nitrogens with one attached hydrogen (secondary N) is 2. The maximum atomic E-state index is 12.7. The van der Waals surface area contributed by atoms with Gasteiger partial charge in [-0.25, -0.2) is 0 Å². The Balaban J connectivity index is 1.32. The van der Waals surface area contributed by atoms with Crippen molar-refractivity contribution in [3.63, 3.8) is 0 Å². The fraction of sp³-hybridized carbons (Fsp3) is 0.348. The Morgan fingerprint density at radius 1 is 1.00 bits per heavy atom.